The van der Waals surface area contributed by atoms with Crippen molar-refractivity contribution in [1.82, 2.24) is 0 Å². The molecule has 0 spiro atoms. The van der Waals surface area contributed by atoms with Crippen molar-refractivity contribution in [1.29, 1.82) is 0 Å². The lowest BCUT2D eigenvalue weighted by Gasteiger charge is -2.16. The minimum absolute atomic E-state index is 0.285. The van der Waals surface area contributed by atoms with Gasteiger partial charge < -0.3 is 16.2 Å². The van der Waals surface area contributed by atoms with Crippen molar-refractivity contribution in [2.75, 3.05) is 6.54 Å². The van der Waals surface area contributed by atoms with Gasteiger partial charge in [-0.25, -0.2) is 4.79 Å². The van der Waals surface area contributed by atoms with Crippen molar-refractivity contribution in [2.45, 2.75) is 18.9 Å². The van der Waals surface area contributed by atoms with E-state index in [1.165, 1.54) is 0 Å². The molecule has 0 aliphatic heterocycles. The number of nitrogens with two attached hydrogens (primary N) is 2. The van der Waals surface area contributed by atoms with E-state index in [1.807, 2.05) is 30.3 Å². The smallest absolute Gasteiger partial charge is 0.405 e. The van der Waals surface area contributed by atoms with Gasteiger partial charge in [-0.2, -0.15) is 0 Å². The Morgan fingerprint density at radius 1 is 1.33 bits per heavy atom. The summed E-state index contributed by atoms with van der Waals surface area (Å²) in [6.07, 6.45) is 0.462. The fourth-order valence-electron chi connectivity index (χ4n) is 1.40. The van der Waals surface area contributed by atoms with Crippen LogP contribution in [0.2, 0.25) is 0 Å². The van der Waals surface area contributed by atoms with Gasteiger partial charge in [-0.3, -0.25) is 0 Å². The lowest BCUT2D eigenvalue weighted by atomic mass is 10.1. The second-order valence-electron chi connectivity index (χ2n) is 3.27. The third-order valence-corrected chi connectivity index (χ3v) is 2.10. The maximum absolute atomic E-state index is 10.7. The molecule has 0 aliphatic rings. The highest BCUT2D eigenvalue weighted by Crippen LogP contribution is 2.21. The molecule has 1 atom stereocenters. The first-order chi connectivity index (χ1) is 7.24. The molecule has 82 valence electrons. The summed E-state index contributed by atoms with van der Waals surface area (Å²) >= 11 is 0. The standard InChI is InChI=1S/C11H16N2O2/c12-8-4-7-10(15-11(13)14)9-5-2-1-3-6-9/h1-3,5-6,10H,4,7-8,12H2,(H2,13,14). The molecule has 15 heavy (non-hydrogen) atoms. The van der Waals surface area contributed by atoms with Gasteiger partial charge in [-0.15, -0.1) is 0 Å². The first kappa shape index (κ1) is 11.5. The molecule has 4 nitrogen and oxygen atoms in total. The van der Waals surface area contributed by atoms with Crippen molar-refractivity contribution >= 4 is 6.09 Å². The van der Waals surface area contributed by atoms with E-state index in [4.69, 9.17) is 16.2 Å². The molecule has 0 heterocycles. The fourth-order valence-corrected chi connectivity index (χ4v) is 1.40. The van der Waals surface area contributed by atoms with Gasteiger partial charge in [-0.05, 0) is 24.9 Å². The van der Waals surface area contributed by atoms with E-state index in [0.717, 1.165) is 12.0 Å². The minimum Gasteiger partial charge on any atom is -0.442 e. The number of hydrogen-bond donors (Lipinski definition) is 2. The van der Waals surface area contributed by atoms with Gasteiger partial charge in [0.05, 0.1) is 0 Å². The van der Waals surface area contributed by atoms with E-state index in [1.54, 1.807) is 0 Å². The van der Waals surface area contributed by atoms with Gasteiger partial charge in [0.25, 0.3) is 0 Å². The van der Waals surface area contributed by atoms with Crippen molar-refractivity contribution in [3.05, 3.63) is 35.9 Å². The molecule has 1 aromatic carbocycles. The van der Waals surface area contributed by atoms with Crippen LogP contribution in [-0.2, 0) is 4.74 Å². The summed E-state index contributed by atoms with van der Waals surface area (Å²) in [5, 5.41) is 0. The zero-order valence-electron chi connectivity index (χ0n) is 8.56. The van der Waals surface area contributed by atoms with E-state index in [9.17, 15) is 4.79 Å². The molecule has 1 aromatic rings. The zero-order valence-corrected chi connectivity index (χ0v) is 8.56. The SMILES string of the molecule is NCCCC(OC(N)=O)c1ccccc1. The number of hydrogen-bond acceptors (Lipinski definition) is 3. The van der Waals surface area contributed by atoms with Crippen LogP contribution < -0.4 is 11.5 Å². The molecule has 0 radical (unpaired) electrons. The Hall–Kier alpha value is -1.55. The van der Waals surface area contributed by atoms with Crippen LogP contribution in [0.3, 0.4) is 0 Å². The summed E-state index contributed by atoms with van der Waals surface area (Å²) in [5.41, 5.74) is 11.4. The molecule has 0 saturated heterocycles. The zero-order chi connectivity index (χ0) is 11.1. The number of carbonyl (C=O) groups is 1. The molecule has 0 bridgehead atoms. The minimum atomic E-state index is -0.749. The van der Waals surface area contributed by atoms with Crippen LogP contribution in [-0.4, -0.2) is 12.6 Å². The summed E-state index contributed by atoms with van der Waals surface area (Å²) in [4.78, 5) is 10.7. The molecule has 0 saturated carbocycles. The highest BCUT2D eigenvalue weighted by Gasteiger charge is 2.13. The van der Waals surface area contributed by atoms with Crippen molar-refractivity contribution in [2.24, 2.45) is 11.5 Å². The molecular weight excluding hydrogens is 192 g/mol. The Morgan fingerprint density at radius 2 is 2.00 bits per heavy atom. The van der Waals surface area contributed by atoms with Gasteiger partial charge >= 0.3 is 6.09 Å². The van der Waals surface area contributed by atoms with Crippen LogP contribution in [0.15, 0.2) is 30.3 Å². The van der Waals surface area contributed by atoms with Gasteiger partial charge in [0.15, 0.2) is 0 Å². The summed E-state index contributed by atoms with van der Waals surface area (Å²) in [7, 11) is 0. The van der Waals surface area contributed by atoms with Crippen LogP contribution in [0.25, 0.3) is 0 Å². The number of amides is 1. The summed E-state index contributed by atoms with van der Waals surface area (Å²) < 4.78 is 5.02. The Labute approximate surface area is 89.2 Å². The highest BCUT2D eigenvalue weighted by atomic mass is 16.6. The summed E-state index contributed by atoms with van der Waals surface area (Å²) in [6, 6.07) is 9.52. The van der Waals surface area contributed by atoms with E-state index < -0.39 is 6.09 Å². The largest absolute Gasteiger partial charge is 0.442 e. The number of primary amides is 1. The average Bonchev–Trinajstić information content (AvgIpc) is 2.25. The lowest BCUT2D eigenvalue weighted by molar-refractivity contribution is 0.100. The molecule has 0 aromatic heterocycles. The number of ether oxygens (including phenoxy) is 1. The molecule has 1 amide bonds. The van der Waals surface area contributed by atoms with Gasteiger partial charge in [0.2, 0.25) is 0 Å². The van der Waals surface area contributed by atoms with E-state index >= 15 is 0 Å². The highest BCUT2D eigenvalue weighted by molar-refractivity contribution is 5.65. The second-order valence-corrected chi connectivity index (χ2v) is 3.27. The predicted octanol–water partition coefficient (Wildman–Crippen LogP) is 1.56. The van der Waals surface area contributed by atoms with E-state index in [2.05, 4.69) is 0 Å². The molecule has 4 N–H and O–H groups in total. The first-order valence-corrected chi connectivity index (χ1v) is 4.95. The maximum atomic E-state index is 10.7. The van der Waals surface area contributed by atoms with Crippen molar-refractivity contribution in [3.63, 3.8) is 0 Å². The normalized spacial score (nSPS) is 12.1. The number of carbonyl (C=O) groups excluding carboxylic acids is 1. The average molecular weight is 208 g/mol. The fraction of sp³-hybridized carbons (Fsp3) is 0.364. The molecule has 1 unspecified atom stereocenters. The first-order valence-electron chi connectivity index (χ1n) is 4.95. The van der Waals surface area contributed by atoms with Crippen molar-refractivity contribution < 1.29 is 9.53 Å². The lowest BCUT2D eigenvalue weighted by Crippen LogP contribution is -2.18. The molecule has 4 heteroatoms. The Bertz CT molecular complexity index is 301. The van der Waals surface area contributed by atoms with Crippen molar-refractivity contribution in [3.8, 4) is 0 Å². The Kier molecular flexibility index (Phi) is 4.63. The van der Waals surface area contributed by atoms with Gasteiger partial charge in [0, 0.05) is 0 Å². The Morgan fingerprint density at radius 3 is 2.53 bits per heavy atom. The third-order valence-electron chi connectivity index (χ3n) is 2.10. The maximum Gasteiger partial charge on any atom is 0.405 e. The van der Waals surface area contributed by atoms with Crippen LogP contribution in [0.4, 0.5) is 4.79 Å². The predicted molar refractivity (Wildman–Crippen MR) is 58.1 cm³/mol. The molecular formula is C11H16N2O2. The molecule has 0 aliphatic carbocycles. The van der Waals surface area contributed by atoms with Crippen LogP contribution in [0.5, 0.6) is 0 Å². The number of benzene rings is 1. The topological polar surface area (TPSA) is 78.3 Å². The quantitative estimate of drug-likeness (QED) is 0.770. The number of rotatable bonds is 5. The molecule has 0 fully saturated rings. The van der Waals surface area contributed by atoms with Crippen LogP contribution in [0, 0.1) is 0 Å². The van der Waals surface area contributed by atoms with Crippen LogP contribution in [0.1, 0.15) is 24.5 Å². The monoisotopic (exact) mass is 208 g/mol. The summed E-state index contributed by atoms with van der Waals surface area (Å²) in [5.74, 6) is 0. The molecule has 1 rings (SSSR count). The van der Waals surface area contributed by atoms with E-state index in [0.29, 0.717) is 13.0 Å². The second kappa shape index (κ2) is 6.03. The van der Waals surface area contributed by atoms with E-state index in [-0.39, 0.29) is 6.10 Å². The Balaban J connectivity index is 2.67. The van der Waals surface area contributed by atoms with Crippen LogP contribution >= 0.6 is 0 Å². The summed E-state index contributed by atoms with van der Waals surface area (Å²) in [6.45, 7) is 0.575. The van der Waals surface area contributed by atoms with Gasteiger partial charge in [-0.1, -0.05) is 30.3 Å². The third kappa shape index (κ3) is 3.99. The van der Waals surface area contributed by atoms with Gasteiger partial charge in [0.1, 0.15) is 6.10 Å².